The molecule has 0 radical (unpaired) electrons. The van der Waals surface area contributed by atoms with Gasteiger partial charge in [0, 0.05) is 36.1 Å². The molecule has 3 saturated heterocycles. The van der Waals surface area contributed by atoms with E-state index in [0.717, 1.165) is 30.6 Å². The van der Waals surface area contributed by atoms with Crippen LogP contribution in [0, 0.1) is 0 Å². The Hall–Kier alpha value is -3.00. The number of rotatable bonds is 6. The zero-order chi connectivity index (χ0) is 29.8. The first-order valence-corrected chi connectivity index (χ1v) is 16.3. The van der Waals surface area contributed by atoms with Crippen LogP contribution in [0.25, 0.3) is 10.1 Å². The van der Waals surface area contributed by atoms with Crippen molar-refractivity contribution in [1.29, 1.82) is 0 Å². The van der Waals surface area contributed by atoms with Gasteiger partial charge in [-0.05, 0) is 61.3 Å². The van der Waals surface area contributed by atoms with Crippen LogP contribution in [0.1, 0.15) is 59.3 Å². The second-order valence-electron chi connectivity index (χ2n) is 11.2. The SMILES string of the molecule is O=C(N[C@H]1CCC[C@H]2CC[C@@H](C(=O)N3CC(n4cnccc4=O)C3)N2C1O)c1cc2cc(C(F)P(=O)(O)O)ccc2s1. The summed E-state index contributed by atoms with van der Waals surface area (Å²) in [5.41, 5.74) is -0.340. The number of likely N-dealkylation sites (tertiary alicyclic amines) is 1. The number of alkyl halides is 1. The molecule has 4 N–H and O–H groups in total. The van der Waals surface area contributed by atoms with Crippen LogP contribution in [0.15, 0.2) is 47.7 Å². The summed E-state index contributed by atoms with van der Waals surface area (Å²) in [5, 5.41) is 14.9. The normalized spacial score (nSPS) is 26.0. The number of hydrogen-bond donors (Lipinski definition) is 4. The number of nitrogens with zero attached hydrogens (tertiary/aromatic N) is 4. The van der Waals surface area contributed by atoms with Crippen LogP contribution in [0.2, 0.25) is 0 Å². The number of carbonyl (C=O) groups is 2. The molecule has 0 saturated carbocycles. The maximum atomic E-state index is 14.2. The number of fused-ring (bicyclic) bond motifs is 2. The number of benzene rings is 1. The number of nitrogens with one attached hydrogen (secondary N) is 1. The minimum absolute atomic E-state index is 0.0132. The first-order chi connectivity index (χ1) is 20.0. The summed E-state index contributed by atoms with van der Waals surface area (Å²) in [6.07, 6.45) is 5.26. The number of thiophene rings is 1. The van der Waals surface area contributed by atoms with Crippen molar-refractivity contribution in [2.24, 2.45) is 0 Å². The van der Waals surface area contributed by atoms with Crippen molar-refractivity contribution >= 4 is 40.8 Å². The van der Waals surface area contributed by atoms with Gasteiger partial charge < -0.3 is 25.1 Å². The monoisotopic (exact) mass is 619 g/mol. The van der Waals surface area contributed by atoms with Gasteiger partial charge in [-0.25, -0.2) is 9.37 Å². The van der Waals surface area contributed by atoms with E-state index < -0.39 is 37.7 Å². The predicted molar refractivity (Wildman–Crippen MR) is 152 cm³/mol. The van der Waals surface area contributed by atoms with Gasteiger partial charge in [-0.3, -0.25) is 28.4 Å². The fourth-order valence-electron chi connectivity index (χ4n) is 6.34. The summed E-state index contributed by atoms with van der Waals surface area (Å²) in [7, 11) is -4.97. The van der Waals surface area contributed by atoms with E-state index in [9.17, 15) is 38.2 Å². The van der Waals surface area contributed by atoms with E-state index >= 15 is 0 Å². The second kappa shape index (κ2) is 11.3. The first kappa shape index (κ1) is 29.1. The maximum absolute atomic E-state index is 14.2. The van der Waals surface area contributed by atoms with E-state index in [1.807, 2.05) is 4.90 Å². The van der Waals surface area contributed by atoms with Crippen LogP contribution in [-0.4, -0.2) is 83.5 Å². The average Bonchev–Trinajstić information content (AvgIpc) is 3.52. The zero-order valence-electron chi connectivity index (χ0n) is 22.5. The lowest BCUT2D eigenvalue weighted by Gasteiger charge is -2.43. The smallest absolute Gasteiger partial charge is 0.363 e. The highest BCUT2D eigenvalue weighted by molar-refractivity contribution is 7.51. The highest BCUT2D eigenvalue weighted by Crippen LogP contribution is 2.53. The van der Waals surface area contributed by atoms with Crippen LogP contribution in [-0.2, 0) is 9.36 Å². The lowest BCUT2D eigenvalue weighted by molar-refractivity contribution is -0.148. The Morgan fingerprint density at radius 3 is 2.62 bits per heavy atom. The average molecular weight is 620 g/mol. The molecular weight excluding hydrogens is 588 g/mol. The number of halogens is 1. The van der Waals surface area contributed by atoms with Crippen molar-refractivity contribution in [3.8, 4) is 0 Å². The predicted octanol–water partition coefficient (Wildman–Crippen LogP) is 2.12. The minimum atomic E-state index is -4.97. The molecule has 3 aliphatic rings. The van der Waals surface area contributed by atoms with Crippen molar-refractivity contribution in [3.05, 3.63) is 63.7 Å². The summed E-state index contributed by atoms with van der Waals surface area (Å²) in [6.45, 7) is 0.779. The van der Waals surface area contributed by atoms with E-state index in [0.29, 0.717) is 40.9 Å². The first-order valence-electron chi connectivity index (χ1n) is 13.8. The topological polar surface area (TPSA) is 165 Å². The van der Waals surface area contributed by atoms with Crippen molar-refractivity contribution in [3.63, 3.8) is 0 Å². The molecule has 5 heterocycles. The maximum Gasteiger partial charge on any atom is 0.363 e. The second-order valence-corrected chi connectivity index (χ2v) is 13.9. The van der Waals surface area contributed by atoms with E-state index in [2.05, 4.69) is 10.3 Å². The van der Waals surface area contributed by atoms with Gasteiger partial charge in [0.05, 0.1) is 29.3 Å². The molecule has 0 aliphatic carbocycles. The number of aliphatic hydroxyl groups excluding tert-OH is 1. The van der Waals surface area contributed by atoms with Crippen LogP contribution in [0.5, 0.6) is 0 Å². The Kier molecular flexibility index (Phi) is 7.79. The van der Waals surface area contributed by atoms with E-state index in [-0.39, 0.29) is 29.1 Å². The lowest BCUT2D eigenvalue weighted by Crippen LogP contribution is -2.61. The van der Waals surface area contributed by atoms with Gasteiger partial charge in [-0.15, -0.1) is 11.3 Å². The number of amides is 2. The van der Waals surface area contributed by atoms with Crippen molar-refractivity contribution in [1.82, 2.24) is 24.7 Å². The van der Waals surface area contributed by atoms with Crippen LogP contribution in [0.4, 0.5) is 4.39 Å². The standard InChI is InChI=1S/C27H31FN5O7PS/c28-24(41(38,39)40)15-4-7-21-16(10-15)11-22(42-21)25(35)30-19-3-1-2-17-5-6-20(33(17)26(19)36)27(37)31-12-18(13-31)32-14-29-9-8-23(32)34/h4,7-11,14,17-20,24,26,36H,1-3,5-6,12-13H2,(H,30,35)(H2,38,39,40)/t17-,19-,20-,24?,26?/m0/s1. The molecule has 3 fully saturated rings. The molecule has 2 unspecified atom stereocenters. The molecular formula is C27H31FN5O7PS. The van der Waals surface area contributed by atoms with Crippen LogP contribution < -0.4 is 10.9 Å². The van der Waals surface area contributed by atoms with Gasteiger partial charge >= 0.3 is 7.60 Å². The van der Waals surface area contributed by atoms with Gasteiger partial charge in [0.1, 0.15) is 6.23 Å². The Morgan fingerprint density at radius 2 is 1.88 bits per heavy atom. The number of aromatic nitrogens is 2. The van der Waals surface area contributed by atoms with Gasteiger partial charge in [-0.1, -0.05) is 6.07 Å². The molecule has 12 nitrogen and oxygen atoms in total. The molecule has 15 heteroatoms. The molecule has 1 aromatic carbocycles. The summed E-state index contributed by atoms with van der Waals surface area (Å²) in [4.78, 5) is 65.1. The molecule has 0 bridgehead atoms. The fraction of sp³-hybridized carbons (Fsp3) is 0.481. The largest absolute Gasteiger partial charge is 0.376 e. The third-order valence-corrected chi connectivity index (χ3v) is 10.5. The van der Waals surface area contributed by atoms with Crippen molar-refractivity contribution < 1.29 is 33.4 Å². The third-order valence-electron chi connectivity index (χ3n) is 8.52. The van der Waals surface area contributed by atoms with Crippen LogP contribution >= 0.6 is 18.9 Å². The van der Waals surface area contributed by atoms with Gasteiger partial charge in [0.2, 0.25) is 11.8 Å². The third kappa shape index (κ3) is 5.43. The van der Waals surface area contributed by atoms with Gasteiger partial charge in [0.25, 0.3) is 11.5 Å². The van der Waals surface area contributed by atoms with E-state index in [4.69, 9.17) is 0 Å². The Balaban J connectivity index is 1.14. The van der Waals surface area contributed by atoms with Crippen LogP contribution in [0.3, 0.4) is 0 Å². The summed E-state index contributed by atoms with van der Waals surface area (Å²) < 4.78 is 27.7. The van der Waals surface area contributed by atoms with E-state index in [1.165, 1.54) is 47.4 Å². The molecule has 6 rings (SSSR count). The highest BCUT2D eigenvalue weighted by Gasteiger charge is 2.48. The summed E-state index contributed by atoms with van der Waals surface area (Å²) in [5.74, 6) is -2.98. The Labute approximate surface area is 243 Å². The Bertz CT molecular complexity index is 1620. The zero-order valence-corrected chi connectivity index (χ0v) is 24.2. The summed E-state index contributed by atoms with van der Waals surface area (Å²) >= 11 is 1.15. The van der Waals surface area contributed by atoms with Gasteiger partial charge in [0.15, 0.2) is 0 Å². The highest BCUT2D eigenvalue weighted by atomic mass is 32.1. The van der Waals surface area contributed by atoms with Crippen molar-refractivity contribution in [2.45, 2.75) is 68.4 Å². The Morgan fingerprint density at radius 1 is 1.10 bits per heavy atom. The lowest BCUT2D eigenvalue weighted by atomic mass is 10.0. The number of carbonyl (C=O) groups excluding carboxylic acids is 2. The molecule has 2 aromatic heterocycles. The molecule has 5 atom stereocenters. The molecule has 42 heavy (non-hydrogen) atoms. The molecule has 0 spiro atoms. The molecule has 3 aliphatic heterocycles. The quantitative estimate of drug-likeness (QED) is 0.303. The molecule has 3 aromatic rings. The number of hydrogen-bond acceptors (Lipinski definition) is 8. The molecule has 2 amide bonds. The fourth-order valence-corrected chi connectivity index (χ4v) is 7.83. The summed E-state index contributed by atoms with van der Waals surface area (Å²) in [6, 6.07) is 5.77. The van der Waals surface area contributed by atoms with E-state index in [1.54, 1.807) is 4.90 Å². The number of aliphatic hydroxyl groups is 1. The van der Waals surface area contributed by atoms with Gasteiger partial charge in [-0.2, -0.15) is 0 Å². The minimum Gasteiger partial charge on any atom is -0.376 e. The molecule has 224 valence electrons. The van der Waals surface area contributed by atoms with Crippen molar-refractivity contribution in [2.75, 3.05) is 13.1 Å².